The van der Waals surface area contributed by atoms with Gasteiger partial charge >= 0.3 is 0 Å². The van der Waals surface area contributed by atoms with Crippen molar-refractivity contribution in [2.45, 2.75) is 4.90 Å². The van der Waals surface area contributed by atoms with Crippen LogP contribution in [0.2, 0.25) is 15.1 Å². The van der Waals surface area contributed by atoms with E-state index in [0.29, 0.717) is 5.02 Å². The Morgan fingerprint density at radius 1 is 1.00 bits per heavy atom. The molecule has 0 spiro atoms. The summed E-state index contributed by atoms with van der Waals surface area (Å²) in [5.41, 5.74) is 0. The maximum atomic E-state index is 12.1. The van der Waals surface area contributed by atoms with Crippen molar-refractivity contribution in [3.05, 3.63) is 51.6 Å². The molecule has 0 saturated heterocycles. The molecule has 0 unspecified atom stereocenters. The topological polar surface area (TPSA) is 59.1 Å². The number of pyridine rings is 1. The van der Waals surface area contributed by atoms with Gasteiger partial charge in [-0.1, -0.05) is 34.8 Å². The standard InChI is InChI=1S/C11H7Cl3N2O2S/c12-7-3-4-15-11(5-7)16-19(17,18)8-1-2-9(13)10(14)6-8/h1-6H,(H,15,16). The zero-order valence-electron chi connectivity index (χ0n) is 9.27. The second-order valence-electron chi connectivity index (χ2n) is 3.54. The fourth-order valence-electron chi connectivity index (χ4n) is 1.30. The zero-order valence-corrected chi connectivity index (χ0v) is 12.4. The van der Waals surface area contributed by atoms with Crippen LogP contribution < -0.4 is 4.72 Å². The summed E-state index contributed by atoms with van der Waals surface area (Å²) in [7, 11) is -3.78. The Balaban J connectivity index is 2.35. The highest BCUT2D eigenvalue weighted by Crippen LogP contribution is 2.26. The largest absolute Gasteiger partial charge is 0.263 e. The lowest BCUT2D eigenvalue weighted by molar-refractivity contribution is 0.601. The summed E-state index contributed by atoms with van der Waals surface area (Å²) < 4.78 is 26.5. The molecule has 1 aromatic carbocycles. The van der Waals surface area contributed by atoms with E-state index in [-0.39, 0.29) is 20.8 Å². The van der Waals surface area contributed by atoms with Gasteiger partial charge in [-0.05, 0) is 24.3 Å². The molecule has 0 bridgehead atoms. The number of hydrogen-bond donors (Lipinski definition) is 1. The van der Waals surface area contributed by atoms with E-state index in [1.807, 2.05) is 0 Å². The molecule has 1 heterocycles. The number of aromatic nitrogens is 1. The van der Waals surface area contributed by atoms with Gasteiger partial charge in [-0.3, -0.25) is 4.72 Å². The van der Waals surface area contributed by atoms with Crippen LogP contribution in [0.3, 0.4) is 0 Å². The highest BCUT2D eigenvalue weighted by atomic mass is 35.5. The Kier molecular flexibility index (Phi) is 4.20. The molecule has 0 aliphatic heterocycles. The van der Waals surface area contributed by atoms with E-state index in [0.717, 1.165) is 0 Å². The predicted octanol–water partition coefficient (Wildman–Crippen LogP) is 3.84. The zero-order chi connectivity index (χ0) is 14.0. The quantitative estimate of drug-likeness (QED) is 0.925. The van der Waals surface area contributed by atoms with Gasteiger partial charge in [0.2, 0.25) is 0 Å². The highest BCUT2D eigenvalue weighted by Gasteiger charge is 2.16. The minimum Gasteiger partial charge on any atom is -0.263 e. The van der Waals surface area contributed by atoms with Crippen molar-refractivity contribution in [1.82, 2.24) is 4.98 Å². The summed E-state index contributed by atoms with van der Waals surface area (Å²) in [6, 6.07) is 6.96. The first-order chi connectivity index (χ1) is 8.88. The van der Waals surface area contributed by atoms with Crippen molar-refractivity contribution in [2.75, 3.05) is 4.72 Å². The number of sulfonamides is 1. The molecule has 2 rings (SSSR count). The molecular weight excluding hydrogens is 331 g/mol. The number of anilines is 1. The Labute approximate surface area is 125 Å². The van der Waals surface area contributed by atoms with Crippen LogP contribution in [0.1, 0.15) is 0 Å². The van der Waals surface area contributed by atoms with Crippen LogP contribution in [-0.2, 0) is 10.0 Å². The Bertz CT molecular complexity index is 720. The molecule has 0 aliphatic rings. The van der Waals surface area contributed by atoms with Gasteiger partial charge in [-0.15, -0.1) is 0 Å². The van der Waals surface area contributed by atoms with Crippen LogP contribution in [0.4, 0.5) is 5.82 Å². The minimum atomic E-state index is -3.78. The van der Waals surface area contributed by atoms with Crippen LogP contribution in [0, 0.1) is 0 Å². The molecule has 0 radical (unpaired) electrons. The molecule has 0 saturated carbocycles. The first-order valence-corrected chi connectivity index (χ1v) is 7.59. The minimum absolute atomic E-state index is 0.0105. The molecule has 0 atom stereocenters. The third-order valence-electron chi connectivity index (χ3n) is 2.16. The van der Waals surface area contributed by atoms with E-state index >= 15 is 0 Å². The van der Waals surface area contributed by atoms with Gasteiger partial charge in [0.1, 0.15) is 5.82 Å². The summed E-state index contributed by atoms with van der Waals surface area (Å²) >= 11 is 17.3. The summed E-state index contributed by atoms with van der Waals surface area (Å²) in [6.07, 6.45) is 1.40. The number of hydrogen-bond acceptors (Lipinski definition) is 3. The second-order valence-corrected chi connectivity index (χ2v) is 6.47. The van der Waals surface area contributed by atoms with Gasteiger partial charge in [-0.25, -0.2) is 13.4 Å². The van der Waals surface area contributed by atoms with Crippen molar-refractivity contribution in [2.24, 2.45) is 0 Å². The maximum Gasteiger partial charge on any atom is 0.263 e. The first kappa shape index (κ1) is 14.4. The van der Waals surface area contributed by atoms with Gasteiger partial charge in [0.05, 0.1) is 14.9 Å². The molecule has 2 aromatic rings. The second kappa shape index (κ2) is 5.54. The third-order valence-corrected chi connectivity index (χ3v) is 4.49. The predicted molar refractivity (Wildman–Crippen MR) is 76.5 cm³/mol. The van der Waals surface area contributed by atoms with E-state index in [1.165, 1.54) is 30.5 Å². The van der Waals surface area contributed by atoms with E-state index in [9.17, 15) is 8.42 Å². The monoisotopic (exact) mass is 336 g/mol. The molecule has 8 heteroatoms. The van der Waals surface area contributed by atoms with Crippen molar-refractivity contribution in [3.8, 4) is 0 Å². The number of nitrogens with one attached hydrogen (secondary N) is 1. The lowest BCUT2D eigenvalue weighted by atomic mass is 10.4. The summed E-state index contributed by atoms with van der Waals surface area (Å²) in [4.78, 5) is 3.85. The maximum absolute atomic E-state index is 12.1. The Hall–Kier alpha value is -1.01. The Morgan fingerprint density at radius 3 is 2.37 bits per heavy atom. The number of nitrogens with zero attached hydrogens (tertiary/aromatic N) is 1. The summed E-state index contributed by atoms with van der Waals surface area (Å²) in [6.45, 7) is 0. The normalized spacial score (nSPS) is 11.3. The molecule has 0 amide bonds. The van der Waals surface area contributed by atoms with Crippen molar-refractivity contribution in [3.63, 3.8) is 0 Å². The van der Waals surface area contributed by atoms with Gasteiger partial charge < -0.3 is 0 Å². The average molecular weight is 338 g/mol. The van der Waals surface area contributed by atoms with Gasteiger partial charge in [0.25, 0.3) is 10.0 Å². The van der Waals surface area contributed by atoms with Crippen LogP contribution in [-0.4, -0.2) is 13.4 Å². The molecule has 1 aromatic heterocycles. The molecule has 4 nitrogen and oxygen atoms in total. The molecule has 1 N–H and O–H groups in total. The van der Waals surface area contributed by atoms with E-state index in [1.54, 1.807) is 6.07 Å². The van der Waals surface area contributed by atoms with Crippen LogP contribution >= 0.6 is 34.8 Å². The van der Waals surface area contributed by atoms with Gasteiger partial charge in [-0.2, -0.15) is 0 Å². The fraction of sp³-hybridized carbons (Fsp3) is 0. The smallest absolute Gasteiger partial charge is 0.263 e. The SMILES string of the molecule is O=S(=O)(Nc1cc(Cl)ccn1)c1ccc(Cl)c(Cl)c1. The molecule has 0 aliphatic carbocycles. The van der Waals surface area contributed by atoms with E-state index in [4.69, 9.17) is 34.8 Å². The number of halogens is 3. The van der Waals surface area contributed by atoms with Crippen LogP contribution in [0.15, 0.2) is 41.4 Å². The molecule has 19 heavy (non-hydrogen) atoms. The lowest BCUT2D eigenvalue weighted by Crippen LogP contribution is -2.13. The highest BCUT2D eigenvalue weighted by molar-refractivity contribution is 7.92. The van der Waals surface area contributed by atoms with Gasteiger partial charge in [0.15, 0.2) is 0 Å². The molecule has 0 fully saturated rings. The lowest BCUT2D eigenvalue weighted by Gasteiger charge is -2.08. The van der Waals surface area contributed by atoms with E-state index in [2.05, 4.69) is 9.71 Å². The average Bonchev–Trinajstić information content (AvgIpc) is 2.32. The van der Waals surface area contributed by atoms with E-state index < -0.39 is 10.0 Å². The summed E-state index contributed by atoms with van der Waals surface area (Å²) in [5, 5.41) is 0.812. The van der Waals surface area contributed by atoms with Crippen molar-refractivity contribution < 1.29 is 8.42 Å². The first-order valence-electron chi connectivity index (χ1n) is 4.98. The van der Waals surface area contributed by atoms with Crippen molar-refractivity contribution in [1.29, 1.82) is 0 Å². The molecule has 100 valence electrons. The van der Waals surface area contributed by atoms with Crippen LogP contribution in [0.5, 0.6) is 0 Å². The fourth-order valence-corrected chi connectivity index (χ4v) is 2.85. The summed E-state index contributed by atoms with van der Waals surface area (Å²) in [5.74, 6) is 0.124. The molecular formula is C11H7Cl3N2O2S. The third kappa shape index (κ3) is 3.51. The van der Waals surface area contributed by atoms with Gasteiger partial charge in [0, 0.05) is 17.3 Å². The van der Waals surface area contributed by atoms with Crippen molar-refractivity contribution >= 4 is 50.6 Å². The number of rotatable bonds is 3. The Morgan fingerprint density at radius 2 is 1.74 bits per heavy atom. The van der Waals surface area contributed by atoms with Crippen LogP contribution in [0.25, 0.3) is 0 Å². The number of benzene rings is 1.